The van der Waals surface area contributed by atoms with E-state index in [1.54, 1.807) is 0 Å². The van der Waals surface area contributed by atoms with Gasteiger partial charge in [-0.05, 0) is 43.1 Å². The maximum absolute atomic E-state index is 11.9. The van der Waals surface area contributed by atoms with E-state index in [2.05, 4.69) is 17.1 Å². The Balaban J connectivity index is 1.86. The molecule has 1 saturated heterocycles. The second-order valence-electron chi connectivity index (χ2n) is 5.12. The molecule has 0 spiro atoms. The number of nitrogens with one attached hydrogen (secondary N) is 1. The van der Waals surface area contributed by atoms with E-state index < -0.39 is 0 Å². The Hall–Kier alpha value is -1.46. The molecule has 19 heavy (non-hydrogen) atoms. The average molecular weight is 277 g/mol. The number of rotatable bonds is 4. The SMILES string of the molecule is CC1CCN(CC(=O)Nc2ccc(C(N)=S)cc2)C1. The third kappa shape index (κ3) is 4.01. The van der Waals surface area contributed by atoms with Gasteiger partial charge in [0.25, 0.3) is 0 Å². The van der Waals surface area contributed by atoms with Crippen molar-refractivity contribution in [2.75, 3.05) is 25.0 Å². The first-order valence-electron chi connectivity index (χ1n) is 6.46. The zero-order valence-corrected chi connectivity index (χ0v) is 11.9. The van der Waals surface area contributed by atoms with Gasteiger partial charge in [-0.3, -0.25) is 9.69 Å². The van der Waals surface area contributed by atoms with Crippen molar-refractivity contribution in [2.45, 2.75) is 13.3 Å². The topological polar surface area (TPSA) is 58.4 Å². The third-order valence-electron chi connectivity index (χ3n) is 3.33. The summed E-state index contributed by atoms with van der Waals surface area (Å²) in [4.78, 5) is 14.4. The van der Waals surface area contributed by atoms with Crippen LogP contribution in [0.15, 0.2) is 24.3 Å². The highest BCUT2D eigenvalue weighted by Gasteiger charge is 2.20. The first-order chi connectivity index (χ1) is 9.04. The van der Waals surface area contributed by atoms with E-state index in [4.69, 9.17) is 18.0 Å². The van der Waals surface area contributed by atoms with Gasteiger partial charge in [0, 0.05) is 17.8 Å². The number of amides is 1. The summed E-state index contributed by atoms with van der Waals surface area (Å²) in [7, 11) is 0. The number of hydrogen-bond acceptors (Lipinski definition) is 3. The highest BCUT2D eigenvalue weighted by atomic mass is 32.1. The Morgan fingerprint density at radius 1 is 1.47 bits per heavy atom. The molecule has 5 heteroatoms. The largest absolute Gasteiger partial charge is 0.389 e. The van der Waals surface area contributed by atoms with Gasteiger partial charge in [-0.15, -0.1) is 0 Å². The molecular weight excluding hydrogens is 258 g/mol. The van der Waals surface area contributed by atoms with Crippen LogP contribution in [0.1, 0.15) is 18.9 Å². The molecular formula is C14H19N3OS. The molecule has 4 nitrogen and oxygen atoms in total. The van der Waals surface area contributed by atoms with E-state index in [1.165, 1.54) is 6.42 Å². The summed E-state index contributed by atoms with van der Waals surface area (Å²) in [6.45, 7) is 4.69. The molecule has 2 rings (SSSR count). The Kier molecular flexibility index (Phi) is 4.50. The predicted molar refractivity (Wildman–Crippen MR) is 81.2 cm³/mol. The number of thiocarbonyl (C=S) groups is 1. The van der Waals surface area contributed by atoms with Gasteiger partial charge in [0.1, 0.15) is 4.99 Å². The second-order valence-corrected chi connectivity index (χ2v) is 5.56. The third-order valence-corrected chi connectivity index (χ3v) is 3.56. The minimum absolute atomic E-state index is 0.0252. The molecule has 1 aliphatic rings. The number of anilines is 1. The van der Waals surface area contributed by atoms with Crippen LogP contribution >= 0.6 is 12.2 Å². The highest BCUT2D eigenvalue weighted by Crippen LogP contribution is 2.15. The first-order valence-corrected chi connectivity index (χ1v) is 6.87. The Morgan fingerprint density at radius 3 is 2.68 bits per heavy atom. The normalized spacial score (nSPS) is 19.3. The fourth-order valence-corrected chi connectivity index (χ4v) is 2.43. The van der Waals surface area contributed by atoms with Crippen LogP contribution in [-0.4, -0.2) is 35.4 Å². The molecule has 0 radical (unpaired) electrons. The van der Waals surface area contributed by atoms with E-state index >= 15 is 0 Å². The lowest BCUT2D eigenvalue weighted by Gasteiger charge is -2.14. The van der Waals surface area contributed by atoms with Gasteiger partial charge in [-0.2, -0.15) is 0 Å². The zero-order valence-electron chi connectivity index (χ0n) is 11.1. The second kappa shape index (κ2) is 6.12. The van der Waals surface area contributed by atoms with Crippen molar-refractivity contribution < 1.29 is 4.79 Å². The quantitative estimate of drug-likeness (QED) is 0.821. The molecule has 1 aromatic rings. The summed E-state index contributed by atoms with van der Waals surface area (Å²) >= 11 is 4.88. The van der Waals surface area contributed by atoms with Crippen molar-refractivity contribution in [3.05, 3.63) is 29.8 Å². The number of carbonyl (C=O) groups excluding carboxylic acids is 1. The lowest BCUT2D eigenvalue weighted by atomic mass is 10.2. The van der Waals surface area contributed by atoms with Crippen molar-refractivity contribution in [1.82, 2.24) is 4.90 Å². The van der Waals surface area contributed by atoms with Gasteiger partial charge in [-0.25, -0.2) is 0 Å². The molecule has 1 atom stereocenters. The zero-order chi connectivity index (χ0) is 13.8. The van der Waals surface area contributed by atoms with Crippen LogP contribution in [-0.2, 0) is 4.79 Å². The summed E-state index contributed by atoms with van der Waals surface area (Å²) in [5.74, 6) is 0.717. The van der Waals surface area contributed by atoms with Crippen LogP contribution in [0.2, 0.25) is 0 Å². The van der Waals surface area contributed by atoms with Crippen molar-refractivity contribution in [3.8, 4) is 0 Å². The van der Waals surface area contributed by atoms with Gasteiger partial charge < -0.3 is 11.1 Å². The predicted octanol–water partition coefficient (Wildman–Crippen LogP) is 1.60. The number of benzene rings is 1. The Bertz CT molecular complexity index is 472. The van der Waals surface area contributed by atoms with Crippen molar-refractivity contribution in [1.29, 1.82) is 0 Å². The molecule has 0 saturated carbocycles. The smallest absolute Gasteiger partial charge is 0.238 e. The average Bonchev–Trinajstić information content (AvgIpc) is 2.75. The van der Waals surface area contributed by atoms with Crippen LogP contribution in [0.5, 0.6) is 0 Å². The molecule has 0 bridgehead atoms. The lowest BCUT2D eigenvalue weighted by Crippen LogP contribution is -2.31. The maximum atomic E-state index is 11.9. The van der Waals surface area contributed by atoms with E-state index in [0.717, 1.165) is 24.3 Å². The molecule has 1 amide bonds. The first kappa shape index (κ1) is 14.0. The summed E-state index contributed by atoms with van der Waals surface area (Å²) in [5.41, 5.74) is 7.11. The number of nitrogens with two attached hydrogens (primary N) is 1. The monoisotopic (exact) mass is 277 g/mol. The van der Waals surface area contributed by atoms with Crippen LogP contribution in [0.4, 0.5) is 5.69 Å². The van der Waals surface area contributed by atoms with Gasteiger partial charge >= 0.3 is 0 Å². The lowest BCUT2D eigenvalue weighted by molar-refractivity contribution is -0.117. The Labute approximate surface area is 119 Å². The fraction of sp³-hybridized carbons (Fsp3) is 0.429. The van der Waals surface area contributed by atoms with E-state index in [9.17, 15) is 4.79 Å². The van der Waals surface area contributed by atoms with Crippen LogP contribution in [0, 0.1) is 5.92 Å². The molecule has 102 valence electrons. The van der Waals surface area contributed by atoms with Crippen LogP contribution in [0.3, 0.4) is 0 Å². The van der Waals surface area contributed by atoms with E-state index in [-0.39, 0.29) is 5.91 Å². The Morgan fingerprint density at radius 2 is 2.16 bits per heavy atom. The summed E-state index contributed by atoms with van der Waals surface area (Å²) in [5, 5.41) is 2.89. The fourth-order valence-electron chi connectivity index (χ4n) is 2.29. The number of likely N-dealkylation sites (tertiary alicyclic amines) is 1. The minimum Gasteiger partial charge on any atom is -0.389 e. The van der Waals surface area contributed by atoms with Crippen molar-refractivity contribution in [2.24, 2.45) is 11.7 Å². The summed E-state index contributed by atoms with van der Waals surface area (Å²) in [6, 6.07) is 7.27. The van der Waals surface area contributed by atoms with Gasteiger partial charge in [0.2, 0.25) is 5.91 Å². The molecule has 1 unspecified atom stereocenters. The molecule has 3 N–H and O–H groups in total. The number of hydrogen-bond donors (Lipinski definition) is 2. The molecule has 0 aromatic heterocycles. The molecule has 1 fully saturated rings. The number of nitrogens with zero attached hydrogens (tertiary/aromatic N) is 1. The van der Waals surface area contributed by atoms with E-state index in [0.29, 0.717) is 17.5 Å². The van der Waals surface area contributed by atoms with E-state index in [1.807, 2.05) is 24.3 Å². The van der Waals surface area contributed by atoms with Gasteiger partial charge in [0.15, 0.2) is 0 Å². The molecule has 1 aromatic carbocycles. The van der Waals surface area contributed by atoms with Crippen LogP contribution < -0.4 is 11.1 Å². The van der Waals surface area contributed by atoms with Gasteiger partial charge in [-0.1, -0.05) is 19.1 Å². The van der Waals surface area contributed by atoms with Crippen molar-refractivity contribution >= 4 is 28.8 Å². The van der Waals surface area contributed by atoms with Gasteiger partial charge in [0.05, 0.1) is 6.54 Å². The highest BCUT2D eigenvalue weighted by molar-refractivity contribution is 7.80. The molecule has 1 aliphatic heterocycles. The van der Waals surface area contributed by atoms with Crippen molar-refractivity contribution in [3.63, 3.8) is 0 Å². The minimum atomic E-state index is 0.0252. The standard InChI is InChI=1S/C14H19N3OS/c1-10-6-7-17(8-10)9-13(18)16-12-4-2-11(3-5-12)14(15)19/h2-5,10H,6-9H2,1H3,(H2,15,19)(H,16,18). The molecule has 0 aliphatic carbocycles. The maximum Gasteiger partial charge on any atom is 0.238 e. The summed E-state index contributed by atoms with van der Waals surface area (Å²) < 4.78 is 0. The van der Waals surface area contributed by atoms with Crippen LogP contribution in [0.25, 0.3) is 0 Å². The summed E-state index contributed by atoms with van der Waals surface area (Å²) in [6.07, 6.45) is 1.18. The number of carbonyl (C=O) groups is 1. The molecule has 1 heterocycles.